The van der Waals surface area contributed by atoms with Crippen LogP contribution in [0, 0.1) is 11.8 Å². The Hall–Kier alpha value is -2.97. The molecule has 6 atom stereocenters. The smallest absolute Gasteiger partial charge is 0.410 e. The van der Waals surface area contributed by atoms with E-state index in [4.69, 9.17) is 9.47 Å². The summed E-state index contributed by atoms with van der Waals surface area (Å²) in [7, 11) is 0. The summed E-state index contributed by atoms with van der Waals surface area (Å²) in [6.45, 7) is 12.8. The molecule has 0 bridgehead atoms. The molecule has 1 saturated carbocycles. The molecule has 0 spiro atoms. The van der Waals surface area contributed by atoms with Gasteiger partial charge >= 0.3 is 12.1 Å². The molecule has 45 heavy (non-hydrogen) atoms. The van der Waals surface area contributed by atoms with E-state index in [-0.39, 0.29) is 36.2 Å². The van der Waals surface area contributed by atoms with Crippen LogP contribution in [0.4, 0.5) is 4.79 Å². The van der Waals surface area contributed by atoms with E-state index in [0.29, 0.717) is 32.0 Å². The van der Waals surface area contributed by atoms with Crippen LogP contribution < -0.4 is 0 Å². The van der Waals surface area contributed by atoms with Crippen molar-refractivity contribution in [1.29, 1.82) is 0 Å². The van der Waals surface area contributed by atoms with E-state index in [1.54, 1.807) is 24.1 Å². The van der Waals surface area contributed by atoms with Crippen LogP contribution in [0.2, 0.25) is 0 Å². The number of amides is 1. The van der Waals surface area contributed by atoms with Crippen molar-refractivity contribution in [3.8, 4) is 0 Å². The van der Waals surface area contributed by atoms with Gasteiger partial charge in [0.1, 0.15) is 11.7 Å². The summed E-state index contributed by atoms with van der Waals surface area (Å²) in [5.41, 5.74) is 0.616. The number of pyridine rings is 1. The number of carbonyl (C=O) groups excluding carboxylic acids is 2. The van der Waals surface area contributed by atoms with Gasteiger partial charge in [0.15, 0.2) is 6.10 Å². The van der Waals surface area contributed by atoms with E-state index in [1.165, 1.54) is 32.1 Å². The number of aromatic nitrogens is 1. The summed E-state index contributed by atoms with van der Waals surface area (Å²) in [5, 5.41) is 11.6. The van der Waals surface area contributed by atoms with Gasteiger partial charge in [0.2, 0.25) is 0 Å². The summed E-state index contributed by atoms with van der Waals surface area (Å²) in [5.74, 6) is -0.310. The van der Waals surface area contributed by atoms with Crippen molar-refractivity contribution in [2.24, 2.45) is 11.8 Å². The number of carbonyl (C=O) groups is 2. The number of nitrogens with zero attached hydrogens (tertiary/aromatic N) is 3. The number of piperazine rings is 1. The highest BCUT2D eigenvalue weighted by Gasteiger charge is 2.37. The molecule has 1 aromatic heterocycles. The first-order chi connectivity index (χ1) is 21.5. The van der Waals surface area contributed by atoms with Crippen LogP contribution in [0.15, 0.2) is 60.3 Å². The second kappa shape index (κ2) is 16.5. The highest BCUT2D eigenvalue weighted by molar-refractivity contribution is 5.70. The molecule has 248 valence electrons. The van der Waals surface area contributed by atoms with Crippen LogP contribution in [0.5, 0.6) is 0 Å². The first kappa shape index (κ1) is 34.9. The molecule has 0 unspecified atom stereocenters. The van der Waals surface area contributed by atoms with Crippen molar-refractivity contribution in [2.75, 3.05) is 26.2 Å². The molecule has 1 N–H and O–H groups in total. The Bertz CT molecular complexity index is 1180. The second-order valence-corrected chi connectivity index (χ2v) is 13.8. The Morgan fingerprint density at radius 3 is 2.53 bits per heavy atom. The van der Waals surface area contributed by atoms with Crippen LogP contribution in [0.25, 0.3) is 0 Å². The number of rotatable bonds is 6. The molecule has 2 fully saturated rings. The van der Waals surface area contributed by atoms with Crippen molar-refractivity contribution in [3.63, 3.8) is 0 Å². The van der Waals surface area contributed by atoms with Crippen molar-refractivity contribution in [3.05, 3.63) is 66.0 Å². The average Bonchev–Trinajstić information content (AvgIpc) is 3.04. The largest absolute Gasteiger partial charge is 0.457 e. The van der Waals surface area contributed by atoms with Gasteiger partial charge in [-0.3, -0.25) is 14.7 Å². The van der Waals surface area contributed by atoms with Crippen molar-refractivity contribution in [1.82, 2.24) is 14.8 Å². The molecule has 0 radical (unpaired) electrons. The zero-order valence-electron chi connectivity index (χ0n) is 28.1. The lowest BCUT2D eigenvalue weighted by atomic mass is 9.87. The van der Waals surface area contributed by atoms with E-state index < -0.39 is 17.8 Å². The molecular weight excluding hydrogens is 566 g/mol. The Morgan fingerprint density at radius 1 is 1.11 bits per heavy atom. The van der Waals surface area contributed by atoms with Gasteiger partial charge in [-0.2, -0.15) is 0 Å². The molecule has 1 amide bonds. The zero-order valence-corrected chi connectivity index (χ0v) is 28.1. The Kier molecular flexibility index (Phi) is 12.8. The molecular formula is C37H55N3O5. The van der Waals surface area contributed by atoms with Gasteiger partial charge in [0.05, 0.1) is 0 Å². The number of cyclic esters (lactones) is 1. The fourth-order valence-corrected chi connectivity index (χ4v) is 6.73. The lowest BCUT2D eigenvalue weighted by Gasteiger charge is -2.41. The maximum Gasteiger partial charge on any atom is 0.410 e. The molecule has 3 heterocycles. The average molecular weight is 622 g/mol. The predicted octanol–water partition coefficient (Wildman–Crippen LogP) is 6.82. The molecule has 1 aromatic rings. The number of esters is 1. The minimum absolute atomic E-state index is 0.0101. The van der Waals surface area contributed by atoms with E-state index in [1.807, 2.05) is 57.2 Å². The number of allylic oxidation sites excluding steroid dienone is 3. The fourth-order valence-electron chi connectivity index (χ4n) is 6.73. The van der Waals surface area contributed by atoms with Crippen molar-refractivity contribution >= 4 is 12.1 Å². The zero-order chi connectivity index (χ0) is 32.4. The quantitative estimate of drug-likeness (QED) is 0.212. The maximum absolute atomic E-state index is 13.4. The van der Waals surface area contributed by atoms with Crippen LogP contribution >= 0.6 is 0 Å². The lowest BCUT2D eigenvalue weighted by molar-refractivity contribution is -0.150. The summed E-state index contributed by atoms with van der Waals surface area (Å²) in [4.78, 5) is 35.1. The fraction of sp³-hybridized carbons (Fsp3) is 0.649. The van der Waals surface area contributed by atoms with Gasteiger partial charge in [0, 0.05) is 62.4 Å². The van der Waals surface area contributed by atoms with Crippen molar-refractivity contribution in [2.45, 2.75) is 116 Å². The highest BCUT2D eigenvalue weighted by atomic mass is 16.6. The third-order valence-corrected chi connectivity index (χ3v) is 9.85. The number of hydrogen-bond acceptors (Lipinski definition) is 7. The van der Waals surface area contributed by atoms with Gasteiger partial charge in [-0.25, -0.2) is 4.79 Å². The van der Waals surface area contributed by atoms with Gasteiger partial charge in [-0.1, -0.05) is 70.4 Å². The van der Waals surface area contributed by atoms with Crippen LogP contribution in [-0.2, 0) is 14.3 Å². The number of hydrogen-bond donors (Lipinski definition) is 1. The van der Waals surface area contributed by atoms with Gasteiger partial charge < -0.3 is 19.5 Å². The molecule has 8 heteroatoms. The van der Waals surface area contributed by atoms with Gasteiger partial charge in [-0.15, -0.1) is 0 Å². The third-order valence-electron chi connectivity index (χ3n) is 9.85. The molecule has 1 aliphatic carbocycles. The van der Waals surface area contributed by atoms with Gasteiger partial charge in [-0.05, 0) is 69.2 Å². The Morgan fingerprint density at radius 2 is 1.84 bits per heavy atom. The van der Waals surface area contributed by atoms with Gasteiger partial charge in [0.25, 0.3) is 0 Å². The predicted molar refractivity (Wildman–Crippen MR) is 178 cm³/mol. The monoisotopic (exact) mass is 621 g/mol. The summed E-state index contributed by atoms with van der Waals surface area (Å²) < 4.78 is 12.1. The topological polar surface area (TPSA) is 92.2 Å². The summed E-state index contributed by atoms with van der Waals surface area (Å²) >= 11 is 0. The lowest BCUT2D eigenvalue weighted by Crippen LogP contribution is -2.53. The molecule has 3 aliphatic rings. The van der Waals surface area contributed by atoms with E-state index in [2.05, 4.69) is 22.9 Å². The van der Waals surface area contributed by atoms with E-state index in [0.717, 1.165) is 24.4 Å². The molecule has 2 aliphatic heterocycles. The first-order valence-electron chi connectivity index (χ1n) is 17.1. The van der Waals surface area contributed by atoms with Crippen molar-refractivity contribution < 1.29 is 24.2 Å². The Balaban J connectivity index is 1.46. The van der Waals surface area contributed by atoms with Crippen LogP contribution in [0.1, 0.15) is 97.6 Å². The van der Waals surface area contributed by atoms with Crippen LogP contribution in [-0.4, -0.2) is 82.0 Å². The standard InChI is InChI=1S/C37H55N3O5/c1-27-19-20-37(5,43)33(44-36(42)40-24-22-39(23-25-40)31-14-7-6-8-15-31)18-17-30(4)35(45-34(41)26-27)29(3)13-11-12-28(2)32-16-9-10-21-38-32/h9-13,16-18,21,27-28,30-31,33,35,43H,6-8,14-15,19-20,22-26H2,1-5H3/b12-11+,18-17+,29-13+/t27-,28-,30+,33+,35-,37-/m1/s1. The normalized spacial score (nSPS) is 31.5. The maximum atomic E-state index is 13.4. The van der Waals surface area contributed by atoms with E-state index in [9.17, 15) is 14.7 Å². The molecule has 4 rings (SSSR count). The molecule has 1 saturated heterocycles. The SMILES string of the molecule is C/C(=C\C=C\[C@@H](C)c1ccccn1)[C@H]1OC(=O)C[C@H](C)CC[C@@](C)(O)[C@@H](OC(=O)N2CCN(C3CCCCC3)CC2)/C=C/[C@@H]1C. The summed E-state index contributed by atoms with van der Waals surface area (Å²) in [6, 6.07) is 6.52. The highest BCUT2D eigenvalue weighted by Crippen LogP contribution is 2.29. The minimum Gasteiger partial charge on any atom is -0.457 e. The minimum atomic E-state index is -1.28. The number of aliphatic hydroxyl groups is 1. The third kappa shape index (κ3) is 10.3. The first-order valence-corrected chi connectivity index (χ1v) is 17.1. The number of ether oxygens (including phenoxy) is 2. The molecule has 0 aromatic carbocycles. The van der Waals surface area contributed by atoms with Crippen LogP contribution in [0.3, 0.4) is 0 Å². The second-order valence-electron chi connectivity index (χ2n) is 13.8. The Labute approximate surface area is 270 Å². The summed E-state index contributed by atoms with van der Waals surface area (Å²) in [6.07, 6.45) is 17.5. The molecule has 8 nitrogen and oxygen atoms in total. The van der Waals surface area contributed by atoms with E-state index >= 15 is 0 Å².